The molecule has 6 nitrogen and oxygen atoms in total. The predicted molar refractivity (Wildman–Crippen MR) is 71.9 cm³/mol. The maximum absolute atomic E-state index is 12.1. The van der Waals surface area contributed by atoms with Crippen LogP contribution in [0.2, 0.25) is 0 Å². The molecule has 0 unspecified atom stereocenters. The van der Waals surface area contributed by atoms with Crippen LogP contribution in [0.25, 0.3) is 0 Å². The number of nitrogens with two attached hydrogens (primary N) is 1. The summed E-state index contributed by atoms with van der Waals surface area (Å²) in [5.41, 5.74) is 7.40. The molecule has 0 atom stereocenters. The van der Waals surface area contributed by atoms with Gasteiger partial charge in [-0.1, -0.05) is 6.07 Å². The first-order valence-corrected chi connectivity index (χ1v) is 7.10. The van der Waals surface area contributed by atoms with E-state index in [-0.39, 0.29) is 5.03 Å². The van der Waals surface area contributed by atoms with Crippen molar-refractivity contribution >= 4 is 15.7 Å². The highest BCUT2D eigenvalue weighted by atomic mass is 32.2. The van der Waals surface area contributed by atoms with E-state index in [4.69, 9.17) is 5.73 Å². The highest BCUT2D eigenvalue weighted by Crippen LogP contribution is 2.14. The summed E-state index contributed by atoms with van der Waals surface area (Å²) in [4.78, 5) is 7.89. The monoisotopic (exact) mass is 278 g/mol. The number of hydrogen-bond acceptors (Lipinski definition) is 5. The lowest BCUT2D eigenvalue weighted by Crippen LogP contribution is -2.15. The van der Waals surface area contributed by atoms with Crippen LogP contribution in [-0.4, -0.2) is 18.4 Å². The molecule has 100 valence electrons. The first-order valence-electron chi connectivity index (χ1n) is 5.62. The van der Waals surface area contributed by atoms with Gasteiger partial charge in [-0.15, -0.1) is 0 Å². The van der Waals surface area contributed by atoms with Crippen molar-refractivity contribution in [3.05, 3.63) is 47.9 Å². The van der Waals surface area contributed by atoms with Crippen LogP contribution in [0.15, 0.2) is 41.7 Å². The molecular weight excluding hydrogens is 264 g/mol. The molecule has 0 spiro atoms. The zero-order valence-corrected chi connectivity index (χ0v) is 11.2. The fraction of sp³-hybridized carbons (Fsp3) is 0.167. The van der Waals surface area contributed by atoms with Gasteiger partial charge in [-0.2, -0.15) is 8.42 Å². The highest BCUT2D eigenvalue weighted by molar-refractivity contribution is 7.92. The fourth-order valence-electron chi connectivity index (χ4n) is 1.51. The van der Waals surface area contributed by atoms with Crippen molar-refractivity contribution in [3.63, 3.8) is 0 Å². The molecule has 0 aliphatic carbocycles. The van der Waals surface area contributed by atoms with Crippen LogP contribution in [0, 0.1) is 6.92 Å². The smallest absolute Gasteiger partial charge is 0.279 e. The predicted octanol–water partition coefficient (Wildman–Crippen LogP) is 1.04. The van der Waals surface area contributed by atoms with Crippen molar-refractivity contribution in [2.45, 2.75) is 18.5 Å². The number of pyridine rings is 2. The maximum atomic E-state index is 12.1. The second kappa shape index (κ2) is 5.33. The molecule has 2 aromatic rings. The van der Waals surface area contributed by atoms with Gasteiger partial charge in [-0.05, 0) is 30.7 Å². The third kappa shape index (κ3) is 3.27. The molecule has 0 saturated heterocycles. The van der Waals surface area contributed by atoms with Crippen LogP contribution in [0.4, 0.5) is 5.69 Å². The average Bonchev–Trinajstić information content (AvgIpc) is 2.38. The number of aromatic nitrogens is 2. The molecule has 0 radical (unpaired) electrons. The molecule has 0 fully saturated rings. The summed E-state index contributed by atoms with van der Waals surface area (Å²) in [5, 5.41) is -0.0424. The van der Waals surface area contributed by atoms with Crippen molar-refractivity contribution in [3.8, 4) is 0 Å². The topological polar surface area (TPSA) is 98.0 Å². The molecular formula is C12H14N4O2S. The Balaban J connectivity index is 2.27. The normalized spacial score (nSPS) is 11.3. The number of sulfonamides is 1. The largest absolute Gasteiger partial charge is 0.326 e. The van der Waals surface area contributed by atoms with Gasteiger partial charge in [0.15, 0.2) is 5.03 Å². The Morgan fingerprint density at radius 3 is 2.63 bits per heavy atom. The minimum Gasteiger partial charge on any atom is -0.326 e. The van der Waals surface area contributed by atoms with Crippen molar-refractivity contribution in [1.82, 2.24) is 9.97 Å². The fourth-order valence-corrected chi connectivity index (χ4v) is 2.49. The van der Waals surface area contributed by atoms with E-state index in [2.05, 4.69) is 14.7 Å². The number of nitrogens with zero attached hydrogens (tertiary/aromatic N) is 2. The molecule has 0 amide bonds. The first kappa shape index (κ1) is 13.4. The van der Waals surface area contributed by atoms with Crippen molar-refractivity contribution in [1.29, 1.82) is 0 Å². The lowest BCUT2D eigenvalue weighted by Gasteiger charge is -2.08. The van der Waals surface area contributed by atoms with Gasteiger partial charge in [0.25, 0.3) is 10.0 Å². The molecule has 2 heterocycles. The van der Waals surface area contributed by atoms with Gasteiger partial charge in [0, 0.05) is 24.6 Å². The molecule has 0 aliphatic rings. The van der Waals surface area contributed by atoms with Crippen LogP contribution in [0.5, 0.6) is 0 Å². The molecule has 19 heavy (non-hydrogen) atoms. The van der Waals surface area contributed by atoms with E-state index in [1.807, 2.05) is 0 Å². The number of anilines is 1. The third-order valence-electron chi connectivity index (χ3n) is 2.46. The molecule has 0 saturated carbocycles. The molecule has 3 N–H and O–H groups in total. The second-order valence-corrected chi connectivity index (χ2v) is 5.63. The molecule has 7 heteroatoms. The molecule has 2 rings (SSSR count). The van der Waals surface area contributed by atoms with Crippen LogP contribution in [-0.2, 0) is 16.6 Å². The summed E-state index contributed by atoms with van der Waals surface area (Å²) in [6, 6.07) is 6.29. The Labute approximate surface area is 111 Å². The van der Waals surface area contributed by atoms with Crippen molar-refractivity contribution in [2.75, 3.05) is 4.72 Å². The lowest BCUT2D eigenvalue weighted by molar-refractivity contribution is 0.597. The lowest BCUT2D eigenvalue weighted by atomic mass is 10.3. The van der Waals surface area contributed by atoms with Gasteiger partial charge in [0.1, 0.15) is 0 Å². The van der Waals surface area contributed by atoms with Gasteiger partial charge in [0.2, 0.25) is 0 Å². The van der Waals surface area contributed by atoms with Gasteiger partial charge in [-0.25, -0.2) is 4.98 Å². The Kier molecular flexibility index (Phi) is 3.77. The number of rotatable bonds is 4. The summed E-state index contributed by atoms with van der Waals surface area (Å²) in [7, 11) is -3.68. The van der Waals surface area contributed by atoms with E-state index in [1.54, 1.807) is 25.1 Å². The van der Waals surface area contributed by atoms with E-state index in [0.717, 1.165) is 11.3 Å². The van der Waals surface area contributed by atoms with Crippen molar-refractivity contribution in [2.24, 2.45) is 5.73 Å². The quantitative estimate of drug-likeness (QED) is 0.871. The van der Waals surface area contributed by atoms with Crippen molar-refractivity contribution < 1.29 is 8.42 Å². The first-order chi connectivity index (χ1) is 9.01. The summed E-state index contributed by atoms with van der Waals surface area (Å²) in [6.45, 7) is 2.11. The van der Waals surface area contributed by atoms with Crippen LogP contribution in [0.1, 0.15) is 11.3 Å². The Hall–Kier alpha value is -1.99. The Morgan fingerprint density at radius 2 is 2.05 bits per heavy atom. The zero-order valence-electron chi connectivity index (χ0n) is 10.4. The zero-order chi connectivity index (χ0) is 13.9. The number of hydrogen-bond donors (Lipinski definition) is 2. The van der Waals surface area contributed by atoms with E-state index in [1.165, 1.54) is 18.5 Å². The Morgan fingerprint density at radius 1 is 1.26 bits per heavy atom. The molecule has 2 aromatic heterocycles. The average molecular weight is 278 g/mol. The number of nitrogens with one attached hydrogen (secondary N) is 1. The van der Waals surface area contributed by atoms with Gasteiger partial charge in [0.05, 0.1) is 5.69 Å². The summed E-state index contributed by atoms with van der Waals surface area (Å²) in [6.07, 6.45) is 2.99. The Bertz CT molecular complexity index is 668. The van der Waals surface area contributed by atoms with Gasteiger partial charge >= 0.3 is 0 Å². The van der Waals surface area contributed by atoms with Crippen LogP contribution >= 0.6 is 0 Å². The molecule has 0 aliphatic heterocycles. The van der Waals surface area contributed by atoms with E-state index in [0.29, 0.717) is 12.2 Å². The minimum absolute atomic E-state index is 0.0424. The third-order valence-corrected chi connectivity index (χ3v) is 3.75. The molecule has 0 bridgehead atoms. The highest BCUT2D eigenvalue weighted by Gasteiger charge is 2.15. The summed E-state index contributed by atoms with van der Waals surface area (Å²) >= 11 is 0. The van der Waals surface area contributed by atoms with E-state index >= 15 is 0 Å². The molecule has 0 aromatic carbocycles. The SMILES string of the molecule is Cc1cc(NS(=O)(=O)c2ccc(CN)cn2)ccn1. The maximum Gasteiger partial charge on any atom is 0.279 e. The number of aryl methyl sites for hydroxylation is 1. The summed E-state index contributed by atoms with van der Waals surface area (Å²) < 4.78 is 26.6. The van der Waals surface area contributed by atoms with Gasteiger partial charge in [-0.3, -0.25) is 9.71 Å². The standard InChI is InChI=1S/C12H14N4O2S/c1-9-6-11(4-5-14-9)16-19(17,18)12-3-2-10(7-13)8-15-12/h2-6,8H,7,13H2,1H3,(H,14,16). The second-order valence-electron chi connectivity index (χ2n) is 4.00. The van der Waals surface area contributed by atoms with Crippen LogP contribution < -0.4 is 10.5 Å². The van der Waals surface area contributed by atoms with Crippen LogP contribution in [0.3, 0.4) is 0 Å². The van der Waals surface area contributed by atoms with E-state index in [9.17, 15) is 8.42 Å². The van der Waals surface area contributed by atoms with Gasteiger partial charge < -0.3 is 5.73 Å². The summed E-state index contributed by atoms with van der Waals surface area (Å²) in [5.74, 6) is 0. The minimum atomic E-state index is -3.68. The van der Waals surface area contributed by atoms with E-state index < -0.39 is 10.0 Å².